The van der Waals surface area contributed by atoms with E-state index in [1.807, 2.05) is 24.3 Å². The van der Waals surface area contributed by atoms with Crippen LogP contribution in [-0.4, -0.2) is 46.1 Å². The van der Waals surface area contributed by atoms with E-state index < -0.39 is 6.29 Å². The second-order valence-corrected chi connectivity index (χ2v) is 15.2. The Hall–Kier alpha value is -3.88. The first-order chi connectivity index (χ1) is 23.1. The third-order valence-corrected chi connectivity index (χ3v) is 10.4. The maximum Gasteiger partial charge on any atom is 0.253 e. The van der Waals surface area contributed by atoms with Crippen LogP contribution in [0.2, 0.25) is 0 Å². The largest absolute Gasteiger partial charge is 0.392 e. The molecule has 2 unspecified atom stereocenters. The van der Waals surface area contributed by atoms with Gasteiger partial charge in [-0.05, 0) is 82.2 Å². The molecule has 250 valence electrons. The predicted octanol–water partition coefficient (Wildman–Crippen LogP) is 7.62. The number of rotatable bonds is 9. The van der Waals surface area contributed by atoms with Crippen molar-refractivity contribution in [3.8, 4) is 11.1 Å². The number of aliphatic hydroxyl groups is 1. The van der Waals surface area contributed by atoms with E-state index in [0.29, 0.717) is 29.0 Å². The Kier molecular flexibility index (Phi) is 9.22. The van der Waals surface area contributed by atoms with Gasteiger partial charge in [-0.3, -0.25) is 14.7 Å². The quantitative estimate of drug-likeness (QED) is 0.195. The number of ether oxygens (including phenoxy) is 2. The highest BCUT2D eigenvalue weighted by Gasteiger charge is 2.50. The van der Waals surface area contributed by atoms with Gasteiger partial charge in [-0.25, -0.2) is 0 Å². The molecular formula is C41H47N3O4. The lowest BCUT2D eigenvalue weighted by molar-refractivity contribution is -0.253. The molecule has 1 aromatic heterocycles. The minimum absolute atomic E-state index is 0.0211. The molecule has 2 saturated heterocycles. The van der Waals surface area contributed by atoms with E-state index in [0.717, 1.165) is 52.9 Å². The van der Waals surface area contributed by atoms with Crippen LogP contribution in [0.4, 0.5) is 0 Å². The smallest absolute Gasteiger partial charge is 0.253 e. The molecule has 0 spiro atoms. The molecule has 7 rings (SSSR count). The van der Waals surface area contributed by atoms with Crippen LogP contribution in [0.25, 0.3) is 11.1 Å². The van der Waals surface area contributed by atoms with Crippen molar-refractivity contribution in [3.05, 3.63) is 125 Å². The van der Waals surface area contributed by atoms with Crippen molar-refractivity contribution in [2.75, 3.05) is 13.1 Å². The van der Waals surface area contributed by atoms with Gasteiger partial charge in [0.25, 0.3) is 5.91 Å². The number of nitrogens with one attached hydrogen (secondary N) is 1. The molecule has 2 aliphatic heterocycles. The molecule has 1 aliphatic carbocycles. The fraction of sp³-hybridized carbons (Fsp3) is 0.415. The molecule has 3 fully saturated rings. The van der Waals surface area contributed by atoms with Gasteiger partial charge < -0.3 is 19.9 Å². The van der Waals surface area contributed by atoms with Crippen molar-refractivity contribution in [2.45, 2.75) is 84.1 Å². The average Bonchev–Trinajstić information content (AvgIpc) is 3.34. The van der Waals surface area contributed by atoms with E-state index >= 15 is 0 Å². The van der Waals surface area contributed by atoms with Gasteiger partial charge in [0.1, 0.15) is 0 Å². The summed E-state index contributed by atoms with van der Waals surface area (Å²) in [4.78, 5) is 19.3. The molecule has 0 radical (unpaired) electrons. The Morgan fingerprint density at radius 1 is 0.917 bits per heavy atom. The third-order valence-electron chi connectivity index (χ3n) is 10.4. The molecule has 1 amide bonds. The van der Waals surface area contributed by atoms with Crippen LogP contribution in [0.15, 0.2) is 97.3 Å². The lowest BCUT2D eigenvalue weighted by atomic mass is 9.65. The summed E-state index contributed by atoms with van der Waals surface area (Å²) in [5.41, 5.74) is 7.40. The molecular weight excluding hydrogens is 598 g/mol. The topological polar surface area (TPSA) is 83.9 Å². The van der Waals surface area contributed by atoms with Gasteiger partial charge in [-0.1, -0.05) is 81.4 Å². The Morgan fingerprint density at radius 2 is 1.71 bits per heavy atom. The monoisotopic (exact) mass is 645 g/mol. The molecule has 2 N–H and O–H groups in total. The van der Waals surface area contributed by atoms with Crippen LogP contribution < -0.4 is 5.32 Å². The van der Waals surface area contributed by atoms with Crippen LogP contribution in [0, 0.1) is 10.8 Å². The maximum atomic E-state index is 12.6. The number of aliphatic hydroxyl groups excluding tert-OH is 1. The zero-order chi connectivity index (χ0) is 33.3. The summed E-state index contributed by atoms with van der Waals surface area (Å²) >= 11 is 0. The molecule has 4 aromatic rings. The number of hydrogen-bond acceptors (Lipinski definition) is 6. The van der Waals surface area contributed by atoms with Gasteiger partial charge in [-0.2, -0.15) is 0 Å². The highest BCUT2D eigenvalue weighted by molar-refractivity contribution is 5.93. The second-order valence-electron chi connectivity index (χ2n) is 15.2. The minimum atomic E-state index is -0.512. The predicted molar refractivity (Wildman–Crippen MR) is 187 cm³/mol. The second kappa shape index (κ2) is 13.6. The molecule has 1 saturated carbocycles. The van der Waals surface area contributed by atoms with Gasteiger partial charge in [0.05, 0.1) is 24.4 Å². The molecule has 5 atom stereocenters. The first-order valence-corrected chi connectivity index (χ1v) is 17.3. The molecule has 7 heteroatoms. The van der Waals surface area contributed by atoms with Crippen molar-refractivity contribution < 1.29 is 19.4 Å². The van der Waals surface area contributed by atoms with Gasteiger partial charge >= 0.3 is 0 Å². The Labute approximate surface area is 284 Å². The summed E-state index contributed by atoms with van der Waals surface area (Å²) in [6.45, 7) is 9.78. The number of amides is 1. The van der Waals surface area contributed by atoms with Gasteiger partial charge in [0, 0.05) is 50.1 Å². The number of fused-ring (bicyclic) bond motifs is 2. The molecule has 3 aromatic carbocycles. The number of aromatic nitrogens is 1. The summed E-state index contributed by atoms with van der Waals surface area (Å²) in [7, 11) is 0. The summed E-state index contributed by atoms with van der Waals surface area (Å²) in [6, 6.07) is 28.9. The van der Waals surface area contributed by atoms with Crippen molar-refractivity contribution in [1.29, 1.82) is 0 Å². The third kappa shape index (κ3) is 7.40. The molecule has 2 bridgehead atoms. The lowest BCUT2D eigenvalue weighted by Crippen LogP contribution is -2.42. The number of carbonyl (C=O) groups excluding carboxylic acids is 1. The van der Waals surface area contributed by atoms with Crippen molar-refractivity contribution >= 4 is 5.91 Å². The highest BCUT2D eigenvalue weighted by Crippen LogP contribution is 2.53. The van der Waals surface area contributed by atoms with Crippen molar-refractivity contribution in [2.24, 2.45) is 10.8 Å². The van der Waals surface area contributed by atoms with E-state index in [1.165, 1.54) is 19.3 Å². The number of nitrogens with zero attached hydrogens (tertiary/aromatic N) is 2. The van der Waals surface area contributed by atoms with Gasteiger partial charge in [0.15, 0.2) is 6.29 Å². The number of pyridine rings is 1. The van der Waals surface area contributed by atoms with E-state index in [9.17, 15) is 9.90 Å². The van der Waals surface area contributed by atoms with Crippen LogP contribution >= 0.6 is 0 Å². The molecule has 7 nitrogen and oxygen atoms in total. The highest BCUT2D eigenvalue weighted by atomic mass is 16.7. The molecule has 3 aliphatic rings. The van der Waals surface area contributed by atoms with E-state index in [2.05, 4.69) is 84.5 Å². The van der Waals surface area contributed by atoms with Gasteiger partial charge in [-0.15, -0.1) is 0 Å². The standard InChI is InChI=1S/C41H47N3O4/c1-40(2)20-35-21-41(3,26-40)27-44(35)24-36-19-37(30-14-12-28(25-45)13-15-30)48-39(47-36)33-10-5-9-32(18-33)31-8-4-7-29(17-31)22-43-38(46)34-11-6-16-42-23-34/h4-18,23,35-37,39,45H,19-22,24-27H2,1-3H3,(H,43,46)/t35?,36-,37+,39+,41?/m0/s1. The number of likely N-dealkylation sites (tertiary alicyclic amines) is 1. The minimum Gasteiger partial charge on any atom is -0.392 e. The first kappa shape index (κ1) is 32.7. The SMILES string of the molecule is CC1(C)CC2CC(C)(CN2C[C@@H]2C[C@H](c3ccc(CO)cc3)O[C@H](c3cccc(-c4cccc(CNC(=O)c5cccnc5)c4)c3)O2)C1. The first-order valence-electron chi connectivity index (χ1n) is 17.3. The zero-order valence-electron chi connectivity index (χ0n) is 28.3. The Morgan fingerprint density at radius 3 is 2.48 bits per heavy atom. The van der Waals surface area contributed by atoms with E-state index in [4.69, 9.17) is 9.47 Å². The van der Waals surface area contributed by atoms with Crippen LogP contribution in [0.3, 0.4) is 0 Å². The molecule has 3 heterocycles. The normalized spacial score (nSPS) is 26.7. The number of carbonyl (C=O) groups is 1. The van der Waals surface area contributed by atoms with E-state index in [1.54, 1.807) is 24.5 Å². The fourth-order valence-electron chi connectivity index (χ4n) is 8.59. The zero-order valence-corrected chi connectivity index (χ0v) is 28.3. The van der Waals surface area contributed by atoms with Gasteiger partial charge in [0.2, 0.25) is 0 Å². The fourth-order valence-corrected chi connectivity index (χ4v) is 8.59. The Bertz CT molecular complexity index is 1730. The van der Waals surface area contributed by atoms with E-state index in [-0.39, 0.29) is 24.7 Å². The summed E-state index contributed by atoms with van der Waals surface area (Å²) in [5.74, 6) is -0.146. The van der Waals surface area contributed by atoms with Crippen molar-refractivity contribution in [3.63, 3.8) is 0 Å². The van der Waals surface area contributed by atoms with Crippen LogP contribution in [-0.2, 0) is 22.6 Å². The summed E-state index contributed by atoms with van der Waals surface area (Å²) < 4.78 is 13.6. The Balaban J connectivity index is 1.10. The van der Waals surface area contributed by atoms with Crippen LogP contribution in [0.1, 0.15) is 91.5 Å². The number of benzene rings is 3. The summed E-state index contributed by atoms with van der Waals surface area (Å²) in [5, 5.41) is 12.6. The molecule has 48 heavy (non-hydrogen) atoms. The summed E-state index contributed by atoms with van der Waals surface area (Å²) in [6.07, 6.45) is 7.18. The van der Waals surface area contributed by atoms with Crippen molar-refractivity contribution in [1.82, 2.24) is 15.2 Å². The maximum absolute atomic E-state index is 12.6. The van der Waals surface area contributed by atoms with Crippen LogP contribution in [0.5, 0.6) is 0 Å². The average molecular weight is 646 g/mol. The number of hydrogen-bond donors (Lipinski definition) is 2. The lowest BCUT2D eigenvalue weighted by Gasteiger charge is -2.41.